The first-order chi connectivity index (χ1) is 28.0. The number of imide groups is 2. The highest BCUT2D eigenvalue weighted by Crippen LogP contribution is 2.60. The number of fused-ring (bicyclic) bond motifs is 5. The molecule has 6 amide bonds. The van der Waals surface area contributed by atoms with Crippen LogP contribution in [0.15, 0.2) is 30.3 Å². The molecule has 2 bridgehead atoms. The van der Waals surface area contributed by atoms with E-state index in [4.69, 9.17) is 4.74 Å². The van der Waals surface area contributed by atoms with Crippen LogP contribution in [0.2, 0.25) is 0 Å². The number of amides is 6. The predicted molar refractivity (Wildman–Crippen MR) is 214 cm³/mol. The number of aryl methyl sites for hydroxylation is 1. The Morgan fingerprint density at radius 3 is 1.95 bits per heavy atom. The van der Waals surface area contributed by atoms with Crippen LogP contribution in [0.4, 0.5) is 0 Å². The number of hydrogen-bond donors (Lipinski definition) is 2. The van der Waals surface area contributed by atoms with Gasteiger partial charge in [0, 0.05) is 66.3 Å². The fourth-order valence-corrected chi connectivity index (χ4v) is 12.3. The van der Waals surface area contributed by atoms with E-state index in [0.717, 1.165) is 59.4 Å². The molecule has 13 nitrogen and oxygen atoms in total. The van der Waals surface area contributed by atoms with E-state index in [1.54, 1.807) is 18.2 Å². The van der Waals surface area contributed by atoms with Crippen LogP contribution in [0.3, 0.4) is 0 Å². The molecule has 2 aromatic carbocycles. The van der Waals surface area contributed by atoms with E-state index in [1.807, 2.05) is 19.1 Å². The van der Waals surface area contributed by atoms with E-state index in [1.165, 1.54) is 0 Å². The van der Waals surface area contributed by atoms with Crippen molar-refractivity contribution in [2.24, 2.45) is 21.7 Å². The van der Waals surface area contributed by atoms with Gasteiger partial charge >= 0.3 is 0 Å². The third-order valence-corrected chi connectivity index (χ3v) is 15.6. The Morgan fingerprint density at radius 1 is 0.831 bits per heavy atom. The number of ether oxygens (including phenoxy) is 1. The first-order valence-electron chi connectivity index (χ1n) is 21.4. The molecule has 10 rings (SSSR count). The minimum Gasteiger partial charge on any atom is -0.489 e. The summed E-state index contributed by atoms with van der Waals surface area (Å²) >= 11 is 0. The smallest absolute Gasteiger partial charge is 0.262 e. The summed E-state index contributed by atoms with van der Waals surface area (Å²) in [5, 5.41) is 15.1. The monoisotopic (exact) mass is 802 g/mol. The minimum absolute atomic E-state index is 0.0810. The summed E-state index contributed by atoms with van der Waals surface area (Å²) in [6.45, 7) is 13.1. The number of nitrogens with one attached hydrogen (secondary N) is 2. The maximum absolute atomic E-state index is 14.3. The second-order valence-corrected chi connectivity index (χ2v) is 19.7. The fraction of sp³-hybridized carbons (Fsp3) is 0.587. The van der Waals surface area contributed by atoms with Crippen LogP contribution in [-0.2, 0) is 32.3 Å². The fourth-order valence-electron chi connectivity index (χ4n) is 12.3. The third-order valence-electron chi connectivity index (χ3n) is 15.6. The first kappa shape index (κ1) is 39.4. The van der Waals surface area contributed by atoms with Gasteiger partial charge in [-0.3, -0.25) is 43.9 Å². The highest BCUT2D eigenvalue weighted by Gasteiger charge is 2.65. The normalized spacial score (nSPS) is 30.9. The van der Waals surface area contributed by atoms with E-state index in [-0.39, 0.29) is 53.7 Å². The lowest BCUT2D eigenvalue weighted by Crippen LogP contribution is -2.75. The standard InChI is InChI=1S/C46H54N6O7/c1-26-20-31(7-6-27(26)23-47)59-40-43(2,3)39(44(40,4)5)49-41(57)45-12-15-46(16-13-45,17-14-45)42(58)50-18-10-30(11-19-50)51-24-28-21-32-33(22-29(28)25-51)38(56)52(37(32)55)34-8-9-35(53)48-36(34)54/h6-7,20-22,30,34,39-40H,8-19,24-25H2,1-5H3,(H,49,57)(H,48,53,54). The Bertz CT molecular complexity index is 2160. The van der Waals surface area contributed by atoms with Crippen molar-refractivity contribution >= 4 is 35.4 Å². The molecule has 4 aliphatic carbocycles. The molecule has 1 atom stereocenters. The lowest BCUT2D eigenvalue weighted by Gasteiger charge is -2.64. The zero-order chi connectivity index (χ0) is 41.8. The van der Waals surface area contributed by atoms with Gasteiger partial charge in [-0.15, -0.1) is 0 Å². The number of nitrogens with zero attached hydrogens (tertiary/aromatic N) is 4. The van der Waals surface area contributed by atoms with Crippen molar-refractivity contribution in [3.05, 3.63) is 63.7 Å². The van der Waals surface area contributed by atoms with E-state index < -0.39 is 40.5 Å². The molecule has 59 heavy (non-hydrogen) atoms. The molecule has 1 unspecified atom stereocenters. The van der Waals surface area contributed by atoms with E-state index >= 15 is 0 Å². The summed E-state index contributed by atoms with van der Waals surface area (Å²) in [7, 11) is 0. The van der Waals surface area contributed by atoms with Crippen LogP contribution < -0.4 is 15.4 Å². The molecule has 13 heteroatoms. The van der Waals surface area contributed by atoms with Gasteiger partial charge in [0.2, 0.25) is 23.6 Å². The van der Waals surface area contributed by atoms with E-state index in [2.05, 4.69) is 54.2 Å². The van der Waals surface area contributed by atoms with Crippen LogP contribution in [-0.4, -0.2) is 87.5 Å². The number of benzene rings is 2. The van der Waals surface area contributed by atoms with Gasteiger partial charge in [-0.1, -0.05) is 27.7 Å². The second kappa shape index (κ2) is 13.7. The average molecular weight is 803 g/mol. The minimum atomic E-state index is -0.984. The van der Waals surface area contributed by atoms with Crippen LogP contribution >= 0.6 is 0 Å². The van der Waals surface area contributed by atoms with E-state index in [9.17, 15) is 34.0 Å². The molecule has 4 aliphatic heterocycles. The summed E-state index contributed by atoms with van der Waals surface area (Å²) in [6, 6.07) is 10.6. The average Bonchev–Trinajstić information content (AvgIpc) is 3.75. The zero-order valence-corrected chi connectivity index (χ0v) is 34.7. The van der Waals surface area contributed by atoms with Crippen LogP contribution in [0, 0.1) is 39.9 Å². The summed E-state index contributed by atoms with van der Waals surface area (Å²) in [4.78, 5) is 84.9. The Morgan fingerprint density at radius 2 is 1.41 bits per heavy atom. The number of likely N-dealkylation sites (tertiary alicyclic amines) is 1. The van der Waals surface area contributed by atoms with Gasteiger partial charge < -0.3 is 15.0 Å². The van der Waals surface area contributed by atoms with Crippen LogP contribution in [0.1, 0.15) is 135 Å². The van der Waals surface area contributed by atoms with Crippen molar-refractivity contribution in [2.75, 3.05) is 13.1 Å². The lowest BCUT2D eigenvalue weighted by molar-refractivity contribution is -0.181. The molecule has 2 aromatic rings. The van der Waals surface area contributed by atoms with Crippen molar-refractivity contribution < 1.29 is 33.5 Å². The van der Waals surface area contributed by atoms with Crippen LogP contribution in [0.5, 0.6) is 5.75 Å². The highest BCUT2D eigenvalue weighted by atomic mass is 16.5. The van der Waals surface area contributed by atoms with Crippen molar-refractivity contribution in [1.29, 1.82) is 5.26 Å². The maximum atomic E-state index is 14.3. The van der Waals surface area contributed by atoms with Gasteiger partial charge in [0.05, 0.1) is 22.8 Å². The van der Waals surface area contributed by atoms with Gasteiger partial charge in [0.1, 0.15) is 17.9 Å². The number of carbonyl (C=O) groups is 6. The SMILES string of the molecule is Cc1cc(OC2C(C)(C)C(NC(=O)C34CCC(C(=O)N5CCC(N6Cc7cc8c(cc7C6)C(=O)N(C6CCC(=O)NC6=O)C8=O)CC5)(CC3)CC4)C2(C)C)ccc1C#N. The highest BCUT2D eigenvalue weighted by molar-refractivity contribution is 6.23. The summed E-state index contributed by atoms with van der Waals surface area (Å²) in [5.41, 5.74) is 2.63. The molecule has 4 saturated carbocycles. The number of piperidine rings is 2. The Balaban J connectivity index is 0.775. The van der Waals surface area contributed by atoms with Crippen molar-refractivity contribution in [3.63, 3.8) is 0 Å². The molecule has 310 valence electrons. The van der Waals surface area contributed by atoms with Gasteiger partial charge in [-0.2, -0.15) is 5.26 Å². The zero-order valence-electron chi connectivity index (χ0n) is 34.7. The largest absolute Gasteiger partial charge is 0.489 e. The second-order valence-electron chi connectivity index (χ2n) is 19.7. The molecule has 8 aliphatic rings. The predicted octanol–water partition coefficient (Wildman–Crippen LogP) is 4.91. The Labute approximate surface area is 345 Å². The van der Waals surface area contributed by atoms with E-state index in [0.29, 0.717) is 62.1 Å². The maximum Gasteiger partial charge on any atom is 0.262 e. The Hall–Kier alpha value is -5.09. The Kier molecular flexibility index (Phi) is 9.16. The van der Waals surface area contributed by atoms with Crippen LogP contribution in [0.25, 0.3) is 0 Å². The molecular weight excluding hydrogens is 749 g/mol. The molecule has 0 radical (unpaired) electrons. The van der Waals surface area contributed by atoms with Crippen molar-refractivity contribution in [2.45, 2.75) is 136 Å². The number of carbonyl (C=O) groups excluding carboxylic acids is 6. The first-order valence-corrected chi connectivity index (χ1v) is 21.4. The molecule has 6 fully saturated rings. The quantitative estimate of drug-likeness (QED) is 0.370. The molecule has 2 saturated heterocycles. The van der Waals surface area contributed by atoms with Gasteiger partial charge in [0.25, 0.3) is 11.8 Å². The topological polar surface area (TPSA) is 169 Å². The molecular formula is C46H54N6O7. The number of rotatable bonds is 7. The number of hydrogen-bond acceptors (Lipinski definition) is 9. The number of nitriles is 1. The van der Waals surface area contributed by atoms with Gasteiger partial charge in [0.15, 0.2) is 0 Å². The van der Waals surface area contributed by atoms with Gasteiger partial charge in [-0.05, 0) is 112 Å². The molecule has 0 aromatic heterocycles. The molecule has 0 spiro atoms. The van der Waals surface area contributed by atoms with Crippen molar-refractivity contribution in [3.8, 4) is 11.8 Å². The summed E-state index contributed by atoms with van der Waals surface area (Å²) in [6.07, 6.45) is 6.08. The molecule has 2 N–H and O–H groups in total. The molecule has 4 heterocycles. The third kappa shape index (κ3) is 6.10. The van der Waals surface area contributed by atoms with Crippen molar-refractivity contribution in [1.82, 2.24) is 25.3 Å². The lowest BCUT2D eigenvalue weighted by atomic mass is 9.48. The summed E-state index contributed by atoms with van der Waals surface area (Å²) < 4.78 is 6.53. The van der Waals surface area contributed by atoms with Gasteiger partial charge in [-0.25, -0.2) is 0 Å². The summed E-state index contributed by atoms with van der Waals surface area (Å²) in [5.74, 6) is -0.917.